The van der Waals surface area contributed by atoms with Gasteiger partial charge in [0.05, 0.1) is 12.3 Å². The van der Waals surface area contributed by atoms with Crippen LogP contribution >= 0.6 is 12.2 Å². The molecule has 0 atom stereocenters. The fourth-order valence-corrected chi connectivity index (χ4v) is 1.32. The third-order valence-corrected chi connectivity index (χ3v) is 2.31. The van der Waals surface area contributed by atoms with Crippen molar-refractivity contribution in [1.82, 2.24) is 4.31 Å². The van der Waals surface area contributed by atoms with Gasteiger partial charge in [-0.05, 0) is 13.3 Å². The maximum absolute atomic E-state index is 11.3. The Morgan fingerprint density at radius 1 is 1.77 bits per heavy atom. The smallest absolute Gasteiger partial charge is 0.426 e. The van der Waals surface area contributed by atoms with Gasteiger partial charge >= 0.3 is 6.09 Å². The van der Waals surface area contributed by atoms with E-state index in [-0.39, 0.29) is 6.09 Å². The van der Waals surface area contributed by atoms with E-state index in [0.717, 1.165) is 30.8 Å². The van der Waals surface area contributed by atoms with Gasteiger partial charge in [-0.25, -0.2) is 4.79 Å². The van der Waals surface area contributed by atoms with E-state index >= 15 is 0 Å². The zero-order valence-electron chi connectivity index (χ0n) is 7.78. The highest BCUT2D eigenvalue weighted by atomic mass is 32.2. The lowest BCUT2D eigenvalue weighted by molar-refractivity contribution is 0.132. The summed E-state index contributed by atoms with van der Waals surface area (Å²) in [5, 5.41) is 0. The fraction of sp³-hybridized carbons (Fsp3) is 0.625. The van der Waals surface area contributed by atoms with Crippen LogP contribution in [0.15, 0.2) is 12.0 Å². The van der Waals surface area contributed by atoms with Crippen LogP contribution in [-0.2, 0) is 8.92 Å². The third kappa shape index (κ3) is 2.84. The molecule has 1 aliphatic rings. The van der Waals surface area contributed by atoms with Gasteiger partial charge in [0.2, 0.25) is 0 Å². The molecule has 0 spiro atoms. The van der Waals surface area contributed by atoms with Gasteiger partial charge in [0.1, 0.15) is 6.26 Å². The lowest BCUT2D eigenvalue weighted by Crippen LogP contribution is -2.21. The van der Waals surface area contributed by atoms with Crippen LogP contribution in [0.1, 0.15) is 26.7 Å². The molecule has 1 rings (SSSR count). The number of ether oxygens (including phenoxy) is 1. The normalized spacial score (nSPS) is 15.2. The van der Waals surface area contributed by atoms with Gasteiger partial charge < -0.3 is 8.92 Å². The van der Waals surface area contributed by atoms with Gasteiger partial charge in [-0.1, -0.05) is 13.3 Å². The topological polar surface area (TPSA) is 38.8 Å². The highest BCUT2D eigenvalue weighted by molar-refractivity contribution is 7.93. The molecule has 1 heterocycles. The second-order valence-corrected chi connectivity index (χ2v) is 3.40. The number of carbonyl (C=O) groups is 1. The second-order valence-electron chi connectivity index (χ2n) is 2.69. The number of carbonyl (C=O) groups excluding carboxylic acids is 1. The van der Waals surface area contributed by atoms with Crippen molar-refractivity contribution >= 4 is 18.3 Å². The Kier molecular flexibility index (Phi) is 3.95. The van der Waals surface area contributed by atoms with Gasteiger partial charge in [0.15, 0.2) is 12.2 Å². The van der Waals surface area contributed by atoms with Gasteiger partial charge in [0, 0.05) is 0 Å². The third-order valence-electron chi connectivity index (χ3n) is 1.55. The average molecular weight is 203 g/mol. The Hall–Kier alpha value is -0.840. The van der Waals surface area contributed by atoms with Crippen LogP contribution in [0.4, 0.5) is 4.79 Å². The molecule has 1 amide bonds. The zero-order chi connectivity index (χ0) is 9.68. The minimum absolute atomic E-state index is 0.357. The minimum Gasteiger partial charge on any atom is -0.448 e. The quantitative estimate of drug-likeness (QED) is 0.401. The molecular weight excluding hydrogens is 190 g/mol. The summed E-state index contributed by atoms with van der Waals surface area (Å²) in [5.74, 6) is 0. The Morgan fingerprint density at radius 2 is 2.54 bits per heavy atom. The van der Waals surface area contributed by atoms with Crippen molar-refractivity contribution in [2.45, 2.75) is 26.7 Å². The summed E-state index contributed by atoms with van der Waals surface area (Å²) in [7, 11) is 0. The first-order valence-electron chi connectivity index (χ1n) is 4.22. The highest BCUT2D eigenvalue weighted by Gasteiger charge is 2.23. The van der Waals surface area contributed by atoms with E-state index in [4.69, 9.17) is 8.92 Å². The van der Waals surface area contributed by atoms with E-state index in [1.807, 2.05) is 6.92 Å². The largest absolute Gasteiger partial charge is 0.448 e. The molecule has 0 bridgehead atoms. The molecule has 5 heteroatoms. The highest BCUT2D eigenvalue weighted by Crippen LogP contribution is 2.26. The first kappa shape index (κ1) is 10.2. The Labute approximate surface area is 82.2 Å². The van der Waals surface area contributed by atoms with Crippen molar-refractivity contribution in [1.29, 1.82) is 0 Å². The van der Waals surface area contributed by atoms with E-state index in [9.17, 15) is 4.79 Å². The zero-order valence-corrected chi connectivity index (χ0v) is 8.60. The molecule has 13 heavy (non-hydrogen) atoms. The summed E-state index contributed by atoms with van der Waals surface area (Å²) in [6.07, 6.45) is 3.08. The summed E-state index contributed by atoms with van der Waals surface area (Å²) < 4.78 is 11.2. The summed E-state index contributed by atoms with van der Waals surface area (Å²) in [6.45, 7) is 4.31. The number of allylic oxidation sites excluding steroid dienone is 1. The average Bonchev–Trinajstić information content (AvgIpc) is 2.52. The first-order valence-corrected chi connectivity index (χ1v) is 4.92. The van der Waals surface area contributed by atoms with Crippen molar-refractivity contribution in [2.24, 2.45) is 0 Å². The molecule has 1 aliphatic heterocycles. The van der Waals surface area contributed by atoms with Crippen molar-refractivity contribution in [3.8, 4) is 0 Å². The van der Waals surface area contributed by atoms with Crippen molar-refractivity contribution in [3.05, 3.63) is 12.0 Å². The molecule has 0 radical (unpaired) electrons. The molecule has 0 aliphatic carbocycles. The molecule has 4 nitrogen and oxygen atoms in total. The molecule has 0 aromatic rings. The molecule has 0 N–H and O–H groups in total. The van der Waals surface area contributed by atoms with Crippen LogP contribution in [0.25, 0.3) is 0 Å². The Bertz CT molecular complexity index is 217. The fourth-order valence-electron chi connectivity index (χ4n) is 0.778. The summed E-state index contributed by atoms with van der Waals surface area (Å²) in [6, 6.07) is 0. The Morgan fingerprint density at radius 3 is 3.08 bits per heavy atom. The monoisotopic (exact) mass is 203 g/mol. The molecule has 0 aromatic heterocycles. The van der Waals surface area contributed by atoms with Crippen molar-refractivity contribution in [2.75, 3.05) is 6.61 Å². The molecule has 0 unspecified atom stereocenters. The van der Waals surface area contributed by atoms with E-state index in [0.29, 0.717) is 6.61 Å². The maximum Gasteiger partial charge on any atom is 0.426 e. The number of amides is 1. The molecule has 0 fully saturated rings. The lowest BCUT2D eigenvalue weighted by Gasteiger charge is -2.12. The standard InChI is InChI=1S/C8H13NO3S/c1-3-4-5-11-8(10)9-7(2)6-12-13-9/h6H,3-5H2,1-2H3. The molecule has 74 valence electrons. The summed E-state index contributed by atoms with van der Waals surface area (Å²) >= 11 is 0.983. The predicted molar refractivity (Wildman–Crippen MR) is 50.5 cm³/mol. The van der Waals surface area contributed by atoms with Crippen LogP contribution in [0.3, 0.4) is 0 Å². The van der Waals surface area contributed by atoms with E-state index in [1.165, 1.54) is 10.6 Å². The van der Waals surface area contributed by atoms with Gasteiger partial charge in [0.25, 0.3) is 0 Å². The van der Waals surface area contributed by atoms with E-state index in [1.54, 1.807) is 6.92 Å². The van der Waals surface area contributed by atoms with Crippen LogP contribution < -0.4 is 0 Å². The number of nitrogens with zero attached hydrogens (tertiary/aromatic N) is 1. The van der Waals surface area contributed by atoms with Crippen LogP contribution in [0, 0.1) is 0 Å². The van der Waals surface area contributed by atoms with E-state index in [2.05, 4.69) is 0 Å². The van der Waals surface area contributed by atoms with Crippen LogP contribution in [0.2, 0.25) is 0 Å². The van der Waals surface area contributed by atoms with Gasteiger partial charge in [-0.2, -0.15) is 4.31 Å². The maximum atomic E-state index is 11.3. The van der Waals surface area contributed by atoms with Crippen molar-refractivity contribution in [3.63, 3.8) is 0 Å². The Balaban J connectivity index is 2.27. The first-order chi connectivity index (χ1) is 6.25. The number of unbranched alkanes of at least 4 members (excludes halogenated alkanes) is 1. The van der Waals surface area contributed by atoms with E-state index < -0.39 is 0 Å². The lowest BCUT2D eigenvalue weighted by atomic mass is 10.4. The second kappa shape index (κ2) is 5.01. The molecule has 0 saturated carbocycles. The van der Waals surface area contributed by atoms with Crippen LogP contribution in [-0.4, -0.2) is 17.0 Å². The number of hydrogen-bond donors (Lipinski definition) is 0. The predicted octanol–water partition coefficient (Wildman–Crippen LogP) is 2.68. The van der Waals surface area contributed by atoms with Gasteiger partial charge in [-0.3, -0.25) is 0 Å². The number of rotatable bonds is 3. The summed E-state index contributed by atoms with van der Waals surface area (Å²) in [4.78, 5) is 11.3. The van der Waals surface area contributed by atoms with Crippen molar-refractivity contribution < 1.29 is 13.7 Å². The van der Waals surface area contributed by atoms with Gasteiger partial charge in [-0.15, -0.1) is 0 Å². The minimum atomic E-state index is -0.357. The SMILES string of the molecule is CCCCOC(=O)N1SOC=C1C. The molecule has 0 saturated heterocycles. The number of hydrogen-bond acceptors (Lipinski definition) is 4. The summed E-state index contributed by atoms with van der Waals surface area (Å²) in [5.41, 5.74) is 0.756. The molecular formula is C8H13NO3S. The van der Waals surface area contributed by atoms with Crippen LogP contribution in [0.5, 0.6) is 0 Å². The molecule has 0 aromatic carbocycles.